The Kier molecular flexibility index (Phi) is 4.08. The van der Waals surface area contributed by atoms with Gasteiger partial charge >= 0.3 is 5.97 Å². The Labute approximate surface area is 116 Å². The average molecular weight is 281 g/mol. The van der Waals surface area contributed by atoms with Gasteiger partial charge in [0.25, 0.3) is 5.91 Å². The van der Waals surface area contributed by atoms with Gasteiger partial charge in [-0.2, -0.15) is 5.10 Å². The van der Waals surface area contributed by atoms with Crippen molar-refractivity contribution >= 4 is 11.9 Å². The number of aliphatic carboxylic acids is 1. The van der Waals surface area contributed by atoms with Gasteiger partial charge in [0.2, 0.25) is 0 Å². The van der Waals surface area contributed by atoms with Gasteiger partial charge in [-0.05, 0) is 20.8 Å². The third-order valence-electron chi connectivity index (χ3n) is 3.71. The molecule has 2 atom stereocenters. The van der Waals surface area contributed by atoms with Crippen LogP contribution in [0.1, 0.15) is 28.7 Å². The number of carboxylic acids is 1. The third-order valence-corrected chi connectivity index (χ3v) is 3.71. The largest absolute Gasteiger partial charge is 0.481 e. The fourth-order valence-electron chi connectivity index (χ4n) is 2.62. The summed E-state index contributed by atoms with van der Waals surface area (Å²) in [7, 11) is 0. The third kappa shape index (κ3) is 2.40. The summed E-state index contributed by atoms with van der Waals surface area (Å²) in [5.74, 6) is -1.80. The zero-order valence-electron chi connectivity index (χ0n) is 11.8. The smallest absolute Gasteiger partial charge is 0.311 e. The molecule has 7 nitrogen and oxygen atoms in total. The molecule has 0 aliphatic carbocycles. The quantitative estimate of drug-likeness (QED) is 0.842. The maximum atomic E-state index is 12.7. The van der Waals surface area contributed by atoms with E-state index in [1.807, 2.05) is 6.92 Å². The molecule has 1 saturated heterocycles. The molecular weight excluding hydrogens is 262 g/mol. The predicted molar refractivity (Wildman–Crippen MR) is 70.5 cm³/mol. The number of hydrogen-bond donors (Lipinski definition) is 2. The predicted octanol–water partition coefficient (Wildman–Crippen LogP) is 0.588. The first-order valence-electron chi connectivity index (χ1n) is 6.60. The summed E-state index contributed by atoms with van der Waals surface area (Å²) in [4.78, 5) is 25.5. The molecule has 1 amide bonds. The zero-order valence-corrected chi connectivity index (χ0v) is 11.8. The Hall–Kier alpha value is -1.89. The molecule has 20 heavy (non-hydrogen) atoms. The number of aromatic amines is 1. The molecule has 0 bridgehead atoms. The highest BCUT2D eigenvalue weighted by atomic mass is 16.5. The van der Waals surface area contributed by atoms with Crippen LogP contribution in [0.15, 0.2) is 0 Å². The first-order chi connectivity index (χ1) is 9.47. The first-order valence-corrected chi connectivity index (χ1v) is 6.60. The fourth-order valence-corrected chi connectivity index (χ4v) is 2.62. The van der Waals surface area contributed by atoms with E-state index in [-0.39, 0.29) is 19.1 Å². The number of H-pyrrole nitrogens is 1. The number of aromatic nitrogens is 2. The number of carbonyl (C=O) groups is 2. The van der Waals surface area contributed by atoms with Crippen LogP contribution in [0.4, 0.5) is 0 Å². The number of rotatable bonds is 4. The van der Waals surface area contributed by atoms with Crippen molar-refractivity contribution < 1.29 is 19.4 Å². The number of carbonyl (C=O) groups excluding carboxylic acids is 1. The minimum absolute atomic E-state index is 0.146. The average Bonchev–Trinajstić information content (AvgIpc) is 2.98. The molecule has 2 rings (SSSR count). The molecule has 0 aromatic carbocycles. The fraction of sp³-hybridized carbons (Fsp3) is 0.615. The Morgan fingerprint density at radius 2 is 2.15 bits per heavy atom. The van der Waals surface area contributed by atoms with Crippen molar-refractivity contribution in [3.05, 3.63) is 17.0 Å². The molecule has 1 aliphatic heterocycles. The van der Waals surface area contributed by atoms with Crippen molar-refractivity contribution in [2.24, 2.45) is 5.92 Å². The molecule has 1 aliphatic rings. The summed E-state index contributed by atoms with van der Waals surface area (Å²) < 4.78 is 5.24. The summed E-state index contributed by atoms with van der Waals surface area (Å²) in [5.41, 5.74) is 1.83. The summed E-state index contributed by atoms with van der Waals surface area (Å²) in [6.07, 6.45) is 0. The molecule has 0 spiro atoms. The normalized spacial score (nSPS) is 21.9. The lowest BCUT2D eigenvalue weighted by atomic mass is 10.0. The van der Waals surface area contributed by atoms with Crippen LogP contribution in [0.3, 0.4) is 0 Å². The minimum Gasteiger partial charge on any atom is -0.481 e. The maximum absolute atomic E-state index is 12.7. The first kappa shape index (κ1) is 14.5. The van der Waals surface area contributed by atoms with E-state index in [9.17, 15) is 14.7 Å². The van der Waals surface area contributed by atoms with E-state index in [4.69, 9.17) is 4.74 Å². The molecule has 2 unspecified atom stereocenters. The highest BCUT2D eigenvalue weighted by Gasteiger charge is 2.40. The zero-order chi connectivity index (χ0) is 14.9. The molecule has 2 N–H and O–H groups in total. The second kappa shape index (κ2) is 5.62. The molecular formula is C13H19N3O4. The second-order valence-electron chi connectivity index (χ2n) is 4.95. The van der Waals surface area contributed by atoms with E-state index >= 15 is 0 Å². The molecule has 0 radical (unpaired) electrons. The van der Waals surface area contributed by atoms with Crippen LogP contribution in [0.2, 0.25) is 0 Å². The summed E-state index contributed by atoms with van der Waals surface area (Å²) >= 11 is 0. The summed E-state index contributed by atoms with van der Waals surface area (Å²) in [6, 6.07) is -0.432. The van der Waals surface area contributed by atoms with Gasteiger partial charge in [-0.25, -0.2) is 0 Å². The van der Waals surface area contributed by atoms with Crippen LogP contribution in [-0.4, -0.2) is 57.9 Å². The van der Waals surface area contributed by atoms with Crippen LogP contribution in [0, 0.1) is 19.8 Å². The van der Waals surface area contributed by atoms with Crippen molar-refractivity contribution in [3.8, 4) is 0 Å². The van der Waals surface area contributed by atoms with Gasteiger partial charge in [-0.3, -0.25) is 14.7 Å². The van der Waals surface area contributed by atoms with Crippen LogP contribution in [0.5, 0.6) is 0 Å². The molecule has 2 heterocycles. The molecule has 1 fully saturated rings. The maximum Gasteiger partial charge on any atom is 0.311 e. The summed E-state index contributed by atoms with van der Waals surface area (Å²) in [6.45, 7) is 6.20. The van der Waals surface area contributed by atoms with Crippen LogP contribution >= 0.6 is 0 Å². The van der Waals surface area contributed by atoms with Gasteiger partial charge in [0, 0.05) is 12.2 Å². The van der Waals surface area contributed by atoms with E-state index in [2.05, 4.69) is 10.2 Å². The molecule has 1 aromatic rings. The summed E-state index contributed by atoms with van der Waals surface area (Å²) in [5, 5.41) is 16.0. The molecule has 110 valence electrons. The Morgan fingerprint density at radius 1 is 1.45 bits per heavy atom. The van der Waals surface area contributed by atoms with Gasteiger partial charge in [0.05, 0.1) is 30.5 Å². The van der Waals surface area contributed by atoms with E-state index in [0.29, 0.717) is 23.5 Å². The number of nitrogens with one attached hydrogen (secondary N) is 1. The monoisotopic (exact) mass is 281 g/mol. The van der Waals surface area contributed by atoms with Crippen molar-refractivity contribution in [2.75, 3.05) is 19.8 Å². The Morgan fingerprint density at radius 3 is 2.65 bits per heavy atom. The topological polar surface area (TPSA) is 95.5 Å². The van der Waals surface area contributed by atoms with Crippen LogP contribution in [-0.2, 0) is 9.53 Å². The van der Waals surface area contributed by atoms with E-state index in [1.54, 1.807) is 18.7 Å². The Balaban J connectivity index is 2.28. The number of aryl methyl sites for hydroxylation is 2. The van der Waals surface area contributed by atoms with Crippen molar-refractivity contribution in [3.63, 3.8) is 0 Å². The highest BCUT2D eigenvalue weighted by Crippen LogP contribution is 2.23. The lowest BCUT2D eigenvalue weighted by Crippen LogP contribution is -2.46. The van der Waals surface area contributed by atoms with Crippen molar-refractivity contribution in [1.29, 1.82) is 0 Å². The van der Waals surface area contributed by atoms with Crippen molar-refractivity contribution in [2.45, 2.75) is 26.8 Å². The van der Waals surface area contributed by atoms with E-state index in [1.165, 1.54) is 0 Å². The van der Waals surface area contributed by atoms with Gasteiger partial charge in [0.1, 0.15) is 5.92 Å². The number of hydrogen-bond acceptors (Lipinski definition) is 4. The number of carboxylic acid groups (broad SMARTS) is 1. The van der Waals surface area contributed by atoms with Gasteiger partial charge in [-0.1, -0.05) is 0 Å². The van der Waals surface area contributed by atoms with E-state index in [0.717, 1.165) is 0 Å². The minimum atomic E-state index is -0.931. The van der Waals surface area contributed by atoms with E-state index < -0.39 is 17.9 Å². The highest BCUT2D eigenvalue weighted by molar-refractivity contribution is 5.96. The Bertz CT molecular complexity index is 506. The molecule has 0 saturated carbocycles. The SMILES string of the molecule is CCN(C(=O)c1c(C)n[nH]c1C)C1COCC1C(=O)O. The van der Waals surface area contributed by atoms with Crippen molar-refractivity contribution in [1.82, 2.24) is 15.1 Å². The number of nitrogens with zero attached hydrogens (tertiary/aromatic N) is 2. The second-order valence-corrected chi connectivity index (χ2v) is 4.95. The lowest BCUT2D eigenvalue weighted by molar-refractivity contribution is -0.142. The molecule has 7 heteroatoms. The van der Waals surface area contributed by atoms with Crippen LogP contribution in [0.25, 0.3) is 0 Å². The number of likely N-dealkylation sites (N-methyl/N-ethyl adjacent to an activating group) is 1. The van der Waals surface area contributed by atoms with Crippen LogP contribution < -0.4 is 0 Å². The number of amides is 1. The number of ether oxygens (including phenoxy) is 1. The lowest BCUT2D eigenvalue weighted by Gasteiger charge is -2.29. The van der Waals surface area contributed by atoms with Gasteiger partial charge < -0.3 is 14.7 Å². The van der Waals surface area contributed by atoms with Gasteiger partial charge in [0.15, 0.2) is 0 Å². The standard InChI is InChI=1S/C13H19N3O4/c1-4-16(10-6-20-5-9(10)13(18)19)12(17)11-7(2)14-15-8(11)3/h9-10H,4-6H2,1-3H3,(H,14,15)(H,18,19). The van der Waals surface area contributed by atoms with Gasteiger partial charge in [-0.15, -0.1) is 0 Å². The molecule has 1 aromatic heterocycles.